The normalized spacial score (nSPS) is 10.7. The lowest BCUT2D eigenvalue weighted by Gasteiger charge is -2.07. The predicted octanol–water partition coefficient (Wildman–Crippen LogP) is 1.80. The molecule has 0 saturated carbocycles. The lowest BCUT2D eigenvalue weighted by Crippen LogP contribution is -2.21. The van der Waals surface area contributed by atoms with Crippen molar-refractivity contribution in [3.63, 3.8) is 0 Å². The molecular formula is C21H21N5O5. The quantitative estimate of drug-likeness (QED) is 0.412. The lowest BCUT2D eigenvalue weighted by molar-refractivity contribution is 0.0898. The van der Waals surface area contributed by atoms with Crippen LogP contribution in [-0.4, -0.2) is 60.9 Å². The number of aromatic nitrogens is 3. The van der Waals surface area contributed by atoms with Crippen molar-refractivity contribution in [1.82, 2.24) is 20.4 Å². The SMILES string of the molecule is CNC(=O)c1nnn(N=Cc2ccc(OC)cc2)c1OCC(=O)c1ccc(OC)cc1. The van der Waals surface area contributed by atoms with E-state index >= 15 is 0 Å². The summed E-state index contributed by atoms with van der Waals surface area (Å²) in [4.78, 5) is 25.6. The van der Waals surface area contributed by atoms with E-state index in [4.69, 9.17) is 14.2 Å². The van der Waals surface area contributed by atoms with Gasteiger partial charge in [-0.25, -0.2) is 0 Å². The number of rotatable bonds is 9. The highest BCUT2D eigenvalue weighted by molar-refractivity contribution is 5.98. The molecule has 160 valence electrons. The number of amides is 1. The number of ether oxygens (including phenoxy) is 3. The fraction of sp³-hybridized carbons (Fsp3) is 0.190. The molecular weight excluding hydrogens is 402 g/mol. The summed E-state index contributed by atoms with van der Waals surface area (Å²) in [6.45, 7) is -0.332. The molecule has 1 amide bonds. The molecule has 2 aromatic carbocycles. The summed E-state index contributed by atoms with van der Waals surface area (Å²) in [5.74, 6) is 0.483. The van der Waals surface area contributed by atoms with Crippen LogP contribution in [0.1, 0.15) is 26.4 Å². The Kier molecular flexibility index (Phi) is 6.94. The standard InChI is InChI=1S/C21H21N5O5/c1-22-20(28)19-21(31-13-18(27)15-6-10-17(30-3)11-7-15)26(25-24-19)23-12-14-4-8-16(29-2)9-5-14/h4-12H,13H2,1-3H3,(H,22,28). The van der Waals surface area contributed by atoms with Gasteiger partial charge in [-0.15, -0.1) is 5.10 Å². The highest BCUT2D eigenvalue weighted by Gasteiger charge is 2.22. The van der Waals surface area contributed by atoms with Gasteiger partial charge in [0.05, 0.1) is 20.4 Å². The first-order valence-electron chi connectivity index (χ1n) is 9.22. The zero-order chi connectivity index (χ0) is 22.2. The Bertz CT molecular complexity index is 1070. The molecule has 31 heavy (non-hydrogen) atoms. The molecule has 0 spiro atoms. The first-order valence-corrected chi connectivity index (χ1v) is 9.22. The van der Waals surface area contributed by atoms with Crippen LogP contribution in [-0.2, 0) is 0 Å². The van der Waals surface area contributed by atoms with E-state index in [9.17, 15) is 9.59 Å². The van der Waals surface area contributed by atoms with Crippen molar-refractivity contribution in [1.29, 1.82) is 0 Å². The van der Waals surface area contributed by atoms with Gasteiger partial charge in [0.15, 0.2) is 12.4 Å². The zero-order valence-electron chi connectivity index (χ0n) is 17.2. The van der Waals surface area contributed by atoms with E-state index < -0.39 is 5.91 Å². The highest BCUT2D eigenvalue weighted by Crippen LogP contribution is 2.18. The second-order valence-corrected chi connectivity index (χ2v) is 6.17. The monoisotopic (exact) mass is 423 g/mol. The minimum atomic E-state index is -0.516. The summed E-state index contributed by atoms with van der Waals surface area (Å²) >= 11 is 0. The first-order chi connectivity index (χ1) is 15.0. The van der Waals surface area contributed by atoms with E-state index in [2.05, 4.69) is 20.7 Å². The number of Topliss-reactive ketones (excluding diaryl/α,β-unsaturated/α-hetero) is 1. The Labute approximate surface area is 178 Å². The third-order valence-electron chi connectivity index (χ3n) is 4.24. The van der Waals surface area contributed by atoms with Crippen LogP contribution >= 0.6 is 0 Å². The van der Waals surface area contributed by atoms with Crippen molar-refractivity contribution in [2.45, 2.75) is 0 Å². The van der Waals surface area contributed by atoms with Gasteiger partial charge in [0.25, 0.3) is 11.8 Å². The third kappa shape index (κ3) is 5.24. The summed E-state index contributed by atoms with van der Waals surface area (Å²) in [7, 11) is 4.57. The van der Waals surface area contributed by atoms with Crippen LogP contribution in [0.15, 0.2) is 53.6 Å². The number of benzene rings is 2. The Morgan fingerprint density at radius 3 is 2.23 bits per heavy atom. The predicted molar refractivity (Wildman–Crippen MR) is 112 cm³/mol. The molecule has 0 aliphatic heterocycles. The van der Waals surface area contributed by atoms with Crippen LogP contribution in [0.2, 0.25) is 0 Å². The molecule has 1 N–H and O–H groups in total. The number of hydrogen-bond acceptors (Lipinski definition) is 8. The van der Waals surface area contributed by atoms with Crippen LogP contribution in [0.5, 0.6) is 17.4 Å². The van der Waals surface area contributed by atoms with Gasteiger partial charge in [-0.05, 0) is 59.3 Å². The van der Waals surface area contributed by atoms with Gasteiger partial charge in [0.1, 0.15) is 11.5 Å². The first kappa shape index (κ1) is 21.5. The Morgan fingerprint density at radius 2 is 1.65 bits per heavy atom. The van der Waals surface area contributed by atoms with E-state index in [0.717, 1.165) is 10.4 Å². The second-order valence-electron chi connectivity index (χ2n) is 6.17. The van der Waals surface area contributed by atoms with Crippen molar-refractivity contribution < 1.29 is 23.8 Å². The van der Waals surface area contributed by atoms with Gasteiger partial charge < -0.3 is 19.5 Å². The molecule has 0 saturated heterocycles. The van der Waals surface area contributed by atoms with E-state index in [1.807, 2.05) is 0 Å². The van der Waals surface area contributed by atoms with Crippen LogP contribution in [0, 0.1) is 0 Å². The molecule has 10 nitrogen and oxygen atoms in total. The zero-order valence-corrected chi connectivity index (χ0v) is 17.2. The van der Waals surface area contributed by atoms with E-state index in [0.29, 0.717) is 17.1 Å². The van der Waals surface area contributed by atoms with Gasteiger partial charge >= 0.3 is 0 Å². The maximum Gasteiger partial charge on any atom is 0.277 e. The van der Waals surface area contributed by atoms with E-state index in [1.54, 1.807) is 62.8 Å². The fourth-order valence-electron chi connectivity index (χ4n) is 2.53. The third-order valence-corrected chi connectivity index (χ3v) is 4.24. The van der Waals surface area contributed by atoms with Crippen LogP contribution in [0.25, 0.3) is 0 Å². The number of methoxy groups -OCH3 is 2. The fourth-order valence-corrected chi connectivity index (χ4v) is 2.53. The molecule has 0 radical (unpaired) electrons. The minimum absolute atomic E-state index is 0.0500. The molecule has 1 heterocycles. The number of ketones is 1. The topological polar surface area (TPSA) is 117 Å². The molecule has 3 rings (SSSR count). The maximum atomic E-state index is 12.5. The number of carbonyl (C=O) groups excluding carboxylic acids is 2. The number of carbonyl (C=O) groups is 2. The molecule has 1 aromatic heterocycles. The largest absolute Gasteiger partial charge is 0.497 e. The lowest BCUT2D eigenvalue weighted by atomic mass is 10.1. The van der Waals surface area contributed by atoms with Crippen molar-refractivity contribution in [3.8, 4) is 17.4 Å². The van der Waals surface area contributed by atoms with E-state index in [1.165, 1.54) is 13.3 Å². The van der Waals surface area contributed by atoms with Crippen molar-refractivity contribution in [2.75, 3.05) is 27.9 Å². The Morgan fingerprint density at radius 1 is 1.03 bits per heavy atom. The van der Waals surface area contributed by atoms with Crippen LogP contribution < -0.4 is 19.5 Å². The number of nitrogens with one attached hydrogen (secondary N) is 1. The second kappa shape index (κ2) is 10.0. The molecule has 0 bridgehead atoms. The van der Waals surface area contributed by atoms with Gasteiger partial charge in [-0.1, -0.05) is 4.79 Å². The highest BCUT2D eigenvalue weighted by atomic mass is 16.5. The average molecular weight is 423 g/mol. The number of hydrogen-bond donors (Lipinski definition) is 1. The Balaban J connectivity index is 1.79. The van der Waals surface area contributed by atoms with Crippen molar-refractivity contribution >= 4 is 17.9 Å². The van der Waals surface area contributed by atoms with Gasteiger partial charge in [0.2, 0.25) is 5.69 Å². The Hall–Kier alpha value is -4.21. The van der Waals surface area contributed by atoms with Crippen LogP contribution in [0.4, 0.5) is 0 Å². The molecule has 0 aliphatic rings. The van der Waals surface area contributed by atoms with Crippen molar-refractivity contribution in [2.24, 2.45) is 5.10 Å². The molecule has 0 unspecified atom stereocenters. The summed E-state index contributed by atoms with van der Waals surface area (Å²) in [6.07, 6.45) is 1.51. The summed E-state index contributed by atoms with van der Waals surface area (Å²) < 4.78 is 15.8. The summed E-state index contributed by atoms with van der Waals surface area (Å²) in [6, 6.07) is 13.8. The smallest absolute Gasteiger partial charge is 0.277 e. The minimum Gasteiger partial charge on any atom is -0.497 e. The molecule has 0 aliphatic carbocycles. The average Bonchev–Trinajstić information content (AvgIpc) is 3.23. The maximum absolute atomic E-state index is 12.5. The molecule has 0 fully saturated rings. The molecule has 3 aromatic rings. The number of nitrogens with zero attached hydrogens (tertiary/aromatic N) is 4. The summed E-state index contributed by atoms with van der Waals surface area (Å²) in [5.41, 5.74) is 1.11. The van der Waals surface area contributed by atoms with E-state index in [-0.39, 0.29) is 24.0 Å². The van der Waals surface area contributed by atoms with Gasteiger partial charge in [-0.3, -0.25) is 9.59 Å². The molecule has 10 heteroatoms. The summed E-state index contributed by atoms with van der Waals surface area (Å²) in [5, 5.41) is 14.3. The van der Waals surface area contributed by atoms with Gasteiger partial charge in [-0.2, -0.15) is 5.10 Å². The van der Waals surface area contributed by atoms with Gasteiger partial charge in [0, 0.05) is 12.6 Å². The molecule has 0 atom stereocenters. The van der Waals surface area contributed by atoms with Crippen molar-refractivity contribution in [3.05, 3.63) is 65.4 Å². The van der Waals surface area contributed by atoms with Crippen LogP contribution in [0.3, 0.4) is 0 Å².